The summed E-state index contributed by atoms with van der Waals surface area (Å²) in [5, 5.41) is 4.59. The minimum absolute atomic E-state index is 0.267. The van der Waals surface area contributed by atoms with Gasteiger partial charge in [-0.05, 0) is 31.9 Å². The summed E-state index contributed by atoms with van der Waals surface area (Å²) in [6, 6.07) is 6.06. The lowest BCUT2D eigenvalue weighted by atomic mass is 10.2. The zero-order valence-corrected chi connectivity index (χ0v) is 11.1. The van der Waals surface area contributed by atoms with Crippen LogP contribution in [-0.2, 0) is 6.42 Å². The van der Waals surface area contributed by atoms with Crippen LogP contribution >= 0.6 is 0 Å². The first kappa shape index (κ1) is 12.9. The number of pyridine rings is 1. The summed E-state index contributed by atoms with van der Waals surface area (Å²) in [6.45, 7) is 5.56. The van der Waals surface area contributed by atoms with E-state index < -0.39 is 0 Å². The molecule has 98 valence electrons. The molecule has 0 aliphatic heterocycles. The minimum Gasteiger partial charge on any atom is -0.368 e. The summed E-state index contributed by atoms with van der Waals surface area (Å²) in [5.74, 6) is 0. The third kappa shape index (κ3) is 2.33. The smallest absolute Gasteiger partial charge is 0.0911 e. The van der Waals surface area contributed by atoms with Crippen molar-refractivity contribution >= 4 is 11.2 Å². The molecular weight excluding hydrogens is 229 g/mol. The molecule has 0 N–H and O–H groups in total. The molecule has 0 radical (unpaired) electrons. The Morgan fingerprint density at radius 3 is 2.83 bits per heavy atom. The lowest BCUT2D eigenvalue weighted by Crippen LogP contribution is -2.25. The van der Waals surface area contributed by atoms with E-state index in [9.17, 15) is 4.39 Å². The molecule has 0 aliphatic rings. The van der Waals surface area contributed by atoms with E-state index in [1.54, 1.807) is 0 Å². The standard InChI is InChI=1S/C14H20FN3/c1-3-12-14(17(4-2)10-7-9-15)13-8-5-6-11-18(13)16-12/h5-6,8,11H,3-4,7,9-10H2,1-2H3. The number of nitrogens with zero attached hydrogens (tertiary/aromatic N) is 3. The lowest BCUT2D eigenvalue weighted by molar-refractivity contribution is 0.472. The summed E-state index contributed by atoms with van der Waals surface area (Å²) in [5.41, 5.74) is 3.35. The van der Waals surface area contributed by atoms with Gasteiger partial charge in [0.25, 0.3) is 0 Å². The third-order valence-electron chi connectivity index (χ3n) is 3.18. The molecule has 0 bridgehead atoms. The van der Waals surface area contributed by atoms with Gasteiger partial charge in [-0.15, -0.1) is 0 Å². The number of hydrogen-bond acceptors (Lipinski definition) is 2. The van der Waals surface area contributed by atoms with E-state index in [4.69, 9.17) is 0 Å². The molecule has 18 heavy (non-hydrogen) atoms. The Hall–Kier alpha value is -1.58. The summed E-state index contributed by atoms with van der Waals surface area (Å²) >= 11 is 0. The second-order valence-corrected chi connectivity index (χ2v) is 4.30. The summed E-state index contributed by atoms with van der Waals surface area (Å²) < 4.78 is 14.3. The number of halogens is 1. The SMILES string of the molecule is CCc1nn2ccccc2c1N(CC)CCCF. The maximum absolute atomic E-state index is 12.4. The highest BCUT2D eigenvalue weighted by atomic mass is 19.1. The molecular formula is C14H20FN3. The van der Waals surface area contributed by atoms with Gasteiger partial charge in [0.15, 0.2) is 0 Å². The lowest BCUT2D eigenvalue weighted by Gasteiger charge is -2.22. The van der Waals surface area contributed by atoms with Crippen molar-refractivity contribution in [3.8, 4) is 0 Å². The van der Waals surface area contributed by atoms with E-state index >= 15 is 0 Å². The van der Waals surface area contributed by atoms with Crippen molar-refractivity contribution in [3.05, 3.63) is 30.1 Å². The number of hydrogen-bond donors (Lipinski definition) is 0. The van der Waals surface area contributed by atoms with E-state index in [1.807, 2.05) is 22.8 Å². The molecule has 0 amide bonds. The van der Waals surface area contributed by atoms with Crippen LogP contribution in [0, 0.1) is 0 Å². The predicted molar refractivity (Wildman–Crippen MR) is 73.0 cm³/mol. The van der Waals surface area contributed by atoms with Crippen molar-refractivity contribution in [1.82, 2.24) is 9.61 Å². The molecule has 2 rings (SSSR count). The Kier molecular flexibility index (Phi) is 4.18. The van der Waals surface area contributed by atoms with Crippen LogP contribution in [0.25, 0.3) is 5.52 Å². The van der Waals surface area contributed by atoms with Crippen LogP contribution in [0.4, 0.5) is 10.1 Å². The minimum atomic E-state index is -0.267. The van der Waals surface area contributed by atoms with Crippen LogP contribution < -0.4 is 4.90 Å². The maximum atomic E-state index is 12.4. The molecule has 0 aliphatic carbocycles. The van der Waals surface area contributed by atoms with Gasteiger partial charge in [0.1, 0.15) is 0 Å². The van der Waals surface area contributed by atoms with Gasteiger partial charge in [0, 0.05) is 19.3 Å². The molecule has 0 aromatic carbocycles. The Labute approximate surface area is 107 Å². The summed E-state index contributed by atoms with van der Waals surface area (Å²) in [7, 11) is 0. The molecule has 0 spiro atoms. The normalized spacial score (nSPS) is 11.1. The number of alkyl halides is 1. The Morgan fingerprint density at radius 1 is 1.33 bits per heavy atom. The van der Waals surface area contributed by atoms with Gasteiger partial charge in [-0.25, -0.2) is 4.52 Å². The van der Waals surface area contributed by atoms with Gasteiger partial charge in [0.05, 0.1) is 23.6 Å². The number of rotatable bonds is 6. The largest absolute Gasteiger partial charge is 0.368 e. The van der Waals surface area contributed by atoms with Crippen LogP contribution in [-0.4, -0.2) is 29.4 Å². The van der Waals surface area contributed by atoms with Crippen molar-refractivity contribution < 1.29 is 4.39 Å². The van der Waals surface area contributed by atoms with Crippen LogP contribution in [0.5, 0.6) is 0 Å². The fourth-order valence-corrected chi connectivity index (χ4v) is 2.30. The molecule has 2 heterocycles. The van der Waals surface area contributed by atoms with Crippen LogP contribution in [0.1, 0.15) is 26.0 Å². The highest BCUT2D eigenvalue weighted by Gasteiger charge is 2.16. The summed E-state index contributed by atoms with van der Waals surface area (Å²) in [6.07, 6.45) is 3.42. The number of anilines is 1. The van der Waals surface area contributed by atoms with Crippen LogP contribution in [0.15, 0.2) is 24.4 Å². The predicted octanol–water partition coefficient (Wildman–Crippen LogP) is 3.08. The highest BCUT2D eigenvalue weighted by molar-refractivity contribution is 5.75. The average molecular weight is 249 g/mol. The fourth-order valence-electron chi connectivity index (χ4n) is 2.30. The average Bonchev–Trinajstić information content (AvgIpc) is 2.79. The number of fused-ring (bicyclic) bond motifs is 1. The van der Waals surface area contributed by atoms with E-state index in [0.717, 1.165) is 36.4 Å². The quantitative estimate of drug-likeness (QED) is 0.784. The van der Waals surface area contributed by atoms with Crippen molar-refractivity contribution in [2.45, 2.75) is 26.7 Å². The van der Waals surface area contributed by atoms with Gasteiger partial charge in [0.2, 0.25) is 0 Å². The Balaban J connectivity index is 2.45. The van der Waals surface area contributed by atoms with Gasteiger partial charge >= 0.3 is 0 Å². The monoisotopic (exact) mass is 249 g/mol. The highest BCUT2D eigenvalue weighted by Crippen LogP contribution is 2.26. The van der Waals surface area contributed by atoms with Gasteiger partial charge in [-0.3, -0.25) is 4.39 Å². The first-order valence-corrected chi connectivity index (χ1v) is 6.59. The van der Waals surface area contributed by atoms with E-state index in [1.165, 1.54) is 0 Å². The second kappa shape index (κ2) is 5.85. The number of aryl methyl sites for hydroxylation is 1. The summed E-state index contributed by atoms with van der Waals surface area (Å²) in [4.78, 5) is 2.22. The maximum Gasteiger partial charge on any atom is 0.0911 e. The second-order valence-electron chi connectivity index (χ2n) is 4.30. The third-order valence-corrected chi connectivity index (χ3v) is 3.18. The Morgan fingerprint density at radius 2 is 2.17 bits per heavy atom. The fraction of sp³-hybridized carbons (Fsp3) is 0.500. The van der Waals surface area contributed by atoms with Crippen molar-refractivity contribution in [2.24, 2.45) is 0 Å². The molecule has 2 aromatic rings. The van der Waals surface area contributed by atoms with Crippen molar-refractivity contribution in [3.63, 3.8) is 0 Å². The van der Waals surface area contributed by atoms with Crippen molar-refractivity contribution in [2.75, 3.05) is 24.7 Å². The Bertz CT molecular complexity index is 507. The number of aromatic nitrogens is 2. The van der Waals surface area contributed by atoms with Crippen LogP contribution in [0.2, 0.25) is 0 Å². The van der Waals surface area contributed by atoms with Crippen molar-refractivity contribution in [1.29, 1.82) is 0 Å². The van der Waals surface area contributed by atoms with E-state index in [2.05, 4.69) is 29.9 Å². The zero-order valence-electron chi connectivity index (χ0n) is 11.1. The molecule has 0 saturated heterocycles. The van der Waals surface area contributed by atoms with Gasteiger partial charge < -0.3 is 4.90 Å². The first-order chi connectivity index (χ1) is 8.81. The molecule has 0 fully saturated rings. The van der Waals surface area contributed by atoms with E-state index in [0.29, 0.717) is 6.42 Å². The van der Waals surface area contributed by atoms with E-state index in [-0.39, 0.29) is 6.67 Å². The zero-order chi connectivity index (χ0) is 13.0. The van der Waals surface area contributed by atoms with Gasteiger partial charge in [-0.1, -0.05) is 13.0 Å². The molecule has 0 saturated carbocycles. The molecule has 4 heteroatoms. The molecule has 3 nitrogen and oxygen atoms in total. The van der Waals surface area contributed by atoms with Gasteiger partial charge in [-0.2, -0.15) is 5.10 Å². The molecule has 0 unspecified atom stereocenters. The molecule has 2 aromatic heterocycles. The first-order valence-electron chi connectivity index (χ1n) is 6.59. The molecule has 0 atom stereocenters. The topological polar surface area (TPSA) is 20.5 Å². The van der Waals surface area contributed by atoms with Crippen LogP contribution in [0.3, 0.4) is 0 Å².